The molecule has 6 heteroatoms. The third-order valence-corrected chi connectivity index (χ3v) is 2.17. The van der Waals surface area contributed by atoms with Gasteiger partial charge in [0.2, 0.25) is 0 Å². The molecule has 0 bridgehead atoms. The van der Waals surface area contributed by atoms with E-state index in [0.29, 0.717) is 13.1 Å². The number of esters is 1. The van der Waals surface area contributed by atoms with Crippen LogP contribution in [0.2, 0.25) is 0 Å². The van der Waals surface area contributed by atoms with Gasteiger partial charge in [0.15, 0.2) is 0 Å². The first-order chi connectivity index (χ1) is 7.51. The van der Waals surface area contributed by atoms with E-state index in [0.717, 1.165) is 0 Å². The van der Waals surface area contributed by atoms with Crippen LogP contribution in [0, 0.1) is 0 Å². The van der Waals surface area contributed by atoms with E-state index in [2.05, 4.69) is 0 Å². The number of likely N-dealkylation sites (N-methyl/N-ethyl adjacent to an activating group) is 1. The first-order valence-corrected chi connectivity index (χ1v) is 5.30. The Hall–Kier alpha value is -1.14. The van der Waals surface area contributed by atoms with Crippen LogP contribution in [-0.2, 0) is 14.3 Å². The zero-order valence-electron chi connectivity index (χ0n) is 9.68. The number of nitrogens with zero attached hydrogens (tertiary/aromatic N) is 1. The Labute approximate surface area is 94.8 Å². The van der Waals surface area contributed by atoms with Gasteiger partial charge in [-0.15, -0.1) is 0 Å². The Balaban J connectivity index is 3.77. The molecule has 1 atom stereocenters. The average molecular weight is 233 g/mol. The molecule has 0 aliphatic heterocycles. The van der Waals surface area contributed by atoms with E-state index in [1.165, 1.54) is 0 Å². The van der Waals surface area contributed by atoms with Crippen molar-refractivity contribution in [2.45, 2.75) is 32.9 Å². The van der Waals surface area contributed by atoms with Gasteiger partial charge >= 0.3 is 11.9 Å². The van der Waals surface area contributed by atoms with E-state index in [4.69, 9.17) is 9.84 Å². The molecule has 0 radical (unpaired) electrons. The Morgan fingerprint density at radius 2 is 1.81 bits per heavy atom. The van der Waals surface area contributed by atoms with Crippen molar-refractivity contribution in [1.29, 1.82) is 0 Å². The van der Waals surface area contributed by atoms with Crippen LogP contribution >= 0.6 is 0 Å². The van der Waals surface area contributed by atoms with E-state index in [1.54, 1.807) is 4.90 Å². The van der Waals surface area contributed by atoms with Crippen molar-refractivity contribution in [2.75, 3.05) is 19.7 Å². The molecule has 0 spiro atoms. The number of carbonyl (C=O) groups excluding carboxylic acids is 1. The Bertz CT molecular complexity index is 227. The molecule has 0 rings (SSSR count). The zero-order valence-corrected chi connectivity index (χ0v) is 9.68. The lowest BCUT2D eigenvalue weighted by Gasteiger charge is -2.24. The van der Waals surface area contributed by atoms with Gasteiger partial charge in [0.25, 0.3) is 0 Å². The Morgan fingerprint density at radius 3 is 2.25 bits per heavy atom. The molecule has 0 aromatic heterocycles. The molecule has 2 N–H and O–H groups in total. The first-order valence-electron chi connectivity index (χ1n) is 5.30. The molecular weight excluding hydrogens is 214 g/mol. The largest absolute Gasteiger partial charge is 0.481 e. The summed E-state index contributed by atoms with van der Waals surface area (Å²) in [4.78, 5) is 22.9. The second-order valence-corrected chi connectivity index (χ2v) is 3.28. The molecule has 0 saturated carbocycles. The van der Waals surface area contributed by atoms with Gasteiger partial charge in [-0.2, -0.15) is 0 Å². The van der Waals surface area contributed by atoms with E-state index >= 15 is 0 Å². The van der Waals surface area contributed by atoms with E-state index in [9.17, 15) is 14.7 Å². The van der Waals surface area contributed by atoms with Gasteiger partial charge in [0.05, 0.1) is 12.8 Å². The summed E-state index contributed by atoms with van der Waals surface area (Å²) < 4.78 is 4.74. The molecule has 0 fully saturated rings. The maximum Gasteiger partial charge on any atom is 0.306 e. The topological polar surface area (TPSA) is 87.1 Å². The third kappa shape index (κ3) is 6.36. The number of aliphatic hydroxyl groups is 1. The van der Waals surface area contributed by atoms with Crippen LogP contribution in [0.4, 0.5) is 0 Å². The predicted octanol–water partition coefficient (Wildman–Crippen LogP) is 0.0546. The summed E-state index contributed by atoms with van der Waals surface area (Å²) in [5.74, 6) is -1.64. The smallest absolute Gasteiger partial charge is 0.306 e. The molecule has 94 valence electrons. The lowest BCUT2D eigenvalue weighted by Crippen LogP contribution is -2.38. The van der Waals surface area contributed by atoms with Crippen LogP contribution in [0.3, 0.4) is 0 Å². The van der Waals surface area contributed by atoms with Crippen LogP contribution in [0.25, 0.3) is 0 Å². The SMILES string of the molecule is CCN(CC)C(O)COC(=O)CCC(=O)O. The molecular formula is C10H19NO5. The Kier molecular flexibility index (Phi) is 7.49. The lowest BCUT2D eigenvalue weighted by atomic mass is 10.3. The summed E-state index contributed by atoms with van der Waals surface area (Å²) in [5.41, 5.74) is 0. The van der Waals surface area contributed by atoms with Crippen molar-refractivity contribution in [2.24, 2.45) is 0 Å². The molecule has 6 nitrogen and oxygen atoms in total. The van der Waals surface area contributed by atoms with Crippen LogP contribution in [0.5, 0.6) is 0 Å². The summed E-state index contributed by atoms with van der Waals surface area (Å²) in [5, 5.41) is 17.9. The van der Waals surface area contributed by atoms with E-state index in [1.807, 2.05) is 13.8 Å². The van der Waals surface area contributed by atoms with Crippen LogP contribution in [-0.4, -0.2) is 53.0 Å². The minimum atomic E-state index is -1.04. The number of carboxylic acid groups (broad SMARTS) is 1. The maximum absolute atomic E-state index is 11.0. The number of ether oxygens (including phenoxy) is 1. The lowest BCUT2D eigenvalue weighted by molar-refractivity contribution is -0.153. The van der Waals surface area contributed by atoms with Crippen molar-refractivity contribution >= 4 is 11.9 Å². The second-order valence-electron chi connectivity index (χ2n) is 3.28. The van der Waals surface area contributed by atoms with E-state index in [-0.39, 0.29) is 19.4 Å². The number of hydrogen-bond donors (Lipinski definition) is 2. The molecule has 0 aliphatic carbocycles. The summed E-state index contributed by atoms with van der Waals surface area (Å²) in [6.45, 7) is 4.97. The second kappa shape index (κ2) is 8.06. The highest BCUT2D eigenvalue weighted by atomic mass is 16.5. The fourth-order valence-electron chi connectivity index (χ4n) is 1.20. The minimum Gasteiger partial charge on any atom is -0.481 e. The summed E-state index contributed by atoms with van der Waals surface area (Å²) in [6.07, 6.45) is -1.25. The Morgan fingerprint density at radius 1 is 1.25 bits per heavy atom. The normalized spacial score (nSPS) is 12.5. The van der Waals surface area contributed by atoms with Crippen LogP contribution in [0.1, 0.15) is 26.7 Å². The number of aliphatic hydroxyl groups excluding tert-OH is 1. The first kappa shape index (κ1) is 14.9. The highest BCUT2D eigenvalue weighted by Crippen LogP contribution is 1.99. The van der Waals surface area contributed by atoms with Gasteiger partial charge in [-0.05, 0) is 13.1 Å². The van der Waals surface area contributed by atoms with Crippen molar-refractivity contribution in [3.05, 3.63) is 0 Å². The van der Waals surface area contributed by atoms with Gasteiger partial charge in [0, 0.05) is 0 Å². The van der Waals surface area contributed by atoms with Crippen molar-refractivity contribution < 1.29 is 24.5 Å². The predicted molar refractivity (Wildman–Crippen MR) is 56.8 cm³/mol. The monoisotopic (exact) mass is 233 g/mol. The van der Waals surface area contributed by atoms with Gasteiger partial charge in [0.1, 0.15) is 12.8 Å². The van der Waals surface area contributed by atoms with Crippen LogP contribution < -0.4 is 0 Å². The van der Waals surface area contributed by atoms with Gasteiger partial charge in [-0.25, -0.2) is 0 Å². The molecule has 1 unspecified atom stereocenters. The number of carboxylic acids is 1. The molecule has 0 aromatic rings. The summed E-state index contributed by atoms with van der Waals surface area (Å²) in [6, 6.07) is 0. The van der Waals surface area contributed by atoms with Gasteiger partial charge in [-0.3, -0.25) is 14.5 Å². The highest BCUT2D eigenvalue weighted by Gasteiger charge is 2.14. The zero-order chi connectivity index (χ0) is 12.6. The molecule has 16 heavy (non-hydrogen) atoms. The number of rotatable bonds is 8. The van der Waals surface area contributed by atoms with Gasteiger partial charge in [-0.1, -0.05) is 13.8 Å². The van der Waals surface area contributed by atoms with Crippen molar-refractivity contribution in [3.8, 4) is 0 Å². The fraction of sp³-hybridized carbons (Fsp3) is 0.800. The quantitative estimate of drug-likeness (QED) is 0.455. The van der Waals surface area contributed by atoms with Gasteiger partial charge < -0.3 is 14.9 Å². The maximum atomic E-state index is 11.0. The van der Waals surface area contributed by atoms with Crippen molar-refractivity contribution in [1.82, 2.24) is 4.90 Å². The molecule has 0 aliphatic rings. The highest BCUT2D eigenvalue weighted by molar-refractivity contribution is 5.76. The number of carbonyl (C=O) groups is 2. The summed E-state index contributed by atoms with van der Waals surface area (Å²) >= 11 is 0. The molecule has 0 heterocycles. The number of aliphatic carboxylic acids is 1. The summed E-state index contributed by atoms with van der Waals surface area (Å²) in [7, 11) is 0. The fourth-order valence-corrected chi connectivity index (χ4v) is 1.20. The minimum absolute atomic E-state index is 0.125. The van der Waals surface area contributed by atoms with E-state index < -0.39 is 18.2 Å². The van der Waals surface area contributed by atoms with Crippen molar-refractivity contribution in [3.63, 3.8) is 0 Å². The standard InChI is InChI=1S/C10H19NO5/c1-3-11(4-2)8(12)7-16-10(15)6-5-9(13)14/h8,12H,3-7H2,1-2H3,(H,13,14). The molecule has 0 saturated heterocycles. The van der Waals surface area contributed by atoms with Crippen LogP contribution in [0.15, 0.2) is 0 Å². The number of hydrogen-bond acceptors (Lipinski definition) is 5. The third-order valence-electron chi connectivity index (χ3n) is 2.17. The molecule has 0 aromatic carbocycles. The average Bonchev–Trinajstić information content (AvgIpc) is 2.25. The molecule has 0 amide bonds.